The number of aliphatic hydroxyl groups is 1. The van der Waals surface area contributed by atoms with Crippen molar-refractivity contribution in [3.8, 4) is 16.2 Å². The summed E-state index contributed by atoms with van der Waals surface area (Å²) in [5.74, 6) is -1.53. The smallest absolute Gasteiger partial charge is 0.246 e. The summed E-state index contributed by atoms with van der Waals surface area (Å²) in [4.78, 5) is 89.0. The van der Waals surface area contributed by atoms with E-state index in [0.29, 0.717) is 31.4 Å². The lowest BCUT2D eigenvalue weighted by atomic mass is 9.85. The second-order valence-electron chi connectivity index (χ2n) is 20.5. The number of hydrogen-bond donors (Lipinski definition) is 6. The Labute approximate surface area is 420 Å². The first kappa shape index (κ1) is 52.6. The molecule has 7 atom stereocenters. The van der Waals surface area contributed by atoms with E-state index in [4.69, 9.17) is 16.2 Å². The molecule has 6 amide bonds. The number of benzene rings is 3. The number of primary amides is 1. The molecule has 0 spiro atoms. The average molecular weight is 991 g/mol. The van der Waals surface area contributed by atoms with Crippen LogP contribution in [0.5, 0.6) is 5.75 Å². The Kier molecular flexibility index (Phi) is 17.0. The van der Waals surface area contributed by atoms with E-state index in [9.17, 15) is 33.9 Å². The minimum Gasteiger partial charge on any atom is -0.491 e. The number of unbranched alkanes of at least 4 members (excludes halogenated alkanes) is 2. The zero-order valence-electron chi connectivity index (χ0n) is 41.8. The van der Waals surface area contributed by atoms with Crippen LogP contribution in [0.1, 0.15) is 119 Å². The number of nitrogens with two attached hydrogens (primary N) is 2. The third kappa shape index (κ3) is 12.7. The van der Waals surface area contributed by atoms with E-state index in [-0.39, 0.29) is 68.5 Å². The molecule has 1 fully saturated rings. The fraction of sp³-hybridized carbons (Fsp3) is 0.500. The van der Waals surface area contributed by atoms with Gasteiger partial charge in [0.2, 0.25) is 35.4 Å². The van der Waals surface area contributed by atoms with Crippen molar-refractivity contribution in [2.75, 3.05) is 18.1 Å². The Morgan fingerprint density at radius 3 is 2.34 bits per heavy atom. The van der Waals surface area contributed by atoms with Crippen molar-refractivity contribution in [3.63, 3.8) is 0 Å². The molecule has 7 rings (SSSR count). The molecule has 1 aromatic heterocycles. The molecule has 17 heteroatoms. The second-order valence-corrected chi connectivity index (χ2v) is 21.4. The third-order valence-electron chi connectivity index (χ3n) is 14.1. The predicted molar refractivity (Wildman–Crippen MR) is 273 cm³/mol. The molecule has 3 aliphatic rings. The molecule has 380 valence electrons. The van der Waals surface area contributed by atoms with E-state index < -0.39 is 53.5 Å². The molecular weight excluding hydrogens is 921 g/mol. The molecule has 4 heterocycles. The Hall–Kier alpha value is -6.17. The fourth-order valence-corrected chi connectivity index (χ4v) is 10.8. The molecule has 0 saturated carbocycles. The van der Waals surface area contributed by atoms with Gasteiger partial charge in [0, 0.05) is 32.2 Å². The molecule has 1 saturated heterocycles. The van der Waals surface area contributed by atoms with Crippen LogP contribution in [0.2, 0.25) is 0 Å². The fourth-order valence-electron chi connectivity index (χ4n) is 9.98. The summed E-state index contributed by atoms with van der Waals surface area (Å²) in [6.07, 6.45) is 4.07. The largest absolute Gasteiger partial charge is 0.491 e. The highest BCUT2D eigenvalue weighted by Crippen LogP contribution is 2.39. The first-order valence-corrected chi connectivity index (χ1v) is 25.8. The van der Waals surface area contributed by atoms with Crippen molar-refractivity contribution >= 4 is 52.5 Å². The van der Waals surface area contributed by atoms with Crippen LogP contribution in [-0.4, -0.2) is 99.9 Å². The van der Waals surface area contributed by atoms with Crippen LogP contribution < -0.4 is 37.1 Å². The highest BCUT2D eigenvalue weighted by molar-refractivity contribution is 7.13. The summed E-state index contributed by atoms with van der Waals surface area (Å²) in [6, 6.07) is 15.4. The van der Waals surface area contributed by atoms with E-state index in [0.717, 1.165) is 68.9 Å². The van der Waals surface area contributed by atoms with Gasteiger partial charge in [-0.3, -0.25) is 33.7 Å². The van der Waals surface area contributed by atoms with Crippen LogP contribution in [-0.2, 0) is 48.0 Å². The number of para-hydroxylation sites is 1. The quantitative estimate of drug-likeness (QED) is 0.0628. The molecule has 0 unspecified atom stereocenters. The lowest BCUT2D eigenvalue weighted by Crippen LogP contribution is -2.57. The number of anilines is 1. The first-order chi connectivity index (χ1) is 33.8. The van der Waals surface area contributed by atoms with E-state index >= 15 is 0 Å². The van der Waals surface area contributed by atoms with Gasteiger partial charge in [-0.05, 0) is 104 Å². The SMILES string of the molecule is Cc1ncsc1-c1ccc([C@H](C)NC(=O)[C@@H]2C[C@@H](O)CN2C(=O)[C@@H](NC(=O)CCCCCc2cccc(OC[C@H](CCC(N)=O)NC(=O)[C@@H]3Cc4cccc5c4N3C(=O)[C@@H](N)CC5)c2C)C(C)(C)C)cc1. The Morgan fingerprint density at radius 2 is 1.63 bits per heavy atom. The number of nitrogens with one attached hydrogen (secondary N) is 3. The lowest BCUT2D eigenvalue weighted by Gasteiger charge is -2.35. The lowest BCUT2D eigenvalue weighted by molar-refractivity contribution is -0.144. The molecule has 8 N–H and O–H groups in total. The summed E-state index contributed by atoms with van der Waals surface area (Å²) in [5, 5.41) is 19.8. The summed E-state index contributed by atoms with van der Waals surface area (Å²) < 4.78 is 6.31. The number of β-amino-alcohol motifs (C(OH)–C–C–N with tert-alkyl or cyclic N) is 1. The van der Waals surface area contributed by atoms with E-state index in [2.05, 4.69) is 20.9 Å². The van der Waals surface area contributed by atoms with Crippen molar-refractivity contribution in [1.82, 2.24) is 25.8 Å². The van der Waals surface area contributed by atoms with Gasteiger partial charge in [0.15, 0.2) is 0 Å². The van der Waals surface area contributed by atoms with Gasteiger partial charge in [0.1, 0.15) is 30.5 Å². The third-order valence-corrected chi connectivity index (χ3v) is 15.1. The molecule has 0 radical (unpaired) electrons. The number of rotatable bonds is 20. The molecule has 3 aromatic carbocycles. The van der Waals surface area contributed by atoms with Crippen LogP contribution >= 0.6 is 11.3 Å². The Balaban J connectivity index is 0.887. The predicted octanol–water partition coefficient (Wildman–Crippen LogP) is 5.26. The van der Waals surface area contributed by atoms with Gasteiger partial charge in [0.25, 0.3) is 0 Å². The normalized spacial score (nSPS) is 19.9. The molecule has 71 heavy (non-hydrogen) atoms. The summed E-state index contributed by atoms with van der Waals surface area (Å²) in [6.45, 7) is 11.5. The summed E-state index contributed by atoms with van der Waals surface area (Å²) >= 11 is 1.57. The molecule has 16 nitrogen and oxygen atoms in total. The van der Waals surface area contributed by atoms with Gasteiger partial charge in [0.05, 0.1) is 46.0 Å². The van der Waals surface area contributed by atoms with E-state index in [1.54, 1.807) is 16.2 Å². The van der Waals surface area contributed by atoms with Gasteiger partial charge < -0.3 is 42.2 Å². The molecule has 0 bridgehead atoms. The first-order valence-electron chi connectivity index (χ1n) is 24.9. The van der Waals surface area contributed by atoms with Crippen molar-refractivity contribution in [1.29, 1.82) is 0 Å². The van der Waals surface area contributed by atoms with E-state index in [1.165, 1.54) is 4.90 Å². The van der Waals surface area contributed by atoms with Gasteiger partial charge in [-0.1, -0.05) is 81.8 Å². The van der Waals surface area contributed by atoms with Crippen molar-refractivity contribution < 1.29 is 38.6 Å². The number of hydrogen-bond acceptors (Lipinski definition) is 11. The topological polar surface area (TPSA) is 239 Å². The number of likely N-dealkylation sites (tertiary alicyclic amines) is 1. The number of nitrogens with zero attached hydrogens (tertiary/aromatic N) is 3. The summed E-state index contributed by atoms with van der Waals surface area (Å²) in [7, 11) is 0. The summed E-state index contributed by atoms with van der Waals surface area (Å²) in [5.41, 5.74) is 20.5. The number of ether oxygens (including phenoxy) is 1. The van der Waals surface area contributed by atoms with Crippen molar-refractivity contribution in [2.24, 2.45) is 16.9 Å². The van der Waals surface area contributed by atoms with Crippen molar-refractivity contribution in [3.05, 3.63) is 99.7 Å². The molecule has 4 aromatic rings. The van der Waals surface area contributed by atoms with Gasteiger partial charge >= 0.3 is 0 Å². The number of carbonyl (C=O) groups excluding carboxylic acids is 6. The minimum atomic E-state index is -0.921. The molecular formula is C54H70N8O8S. The van der Waals surface area contributed by atoms with Gasteiger partial charge in [-0.2, -0.15) is 0 Å². The standard InChI is InChI=1S/C54H70N8O8S/c1-31-34(13-11-16-44(31)70-29-39(23-25-45(56)64)59-51(67)43-26-38-15-10-14-36-22-24-41(55)52(68)62(43)47(36)38)12-8-7-9-17-46(65)60-49(54(4,5)6)53(69)61-28-40(63)27-42(61)50(66)58-32(2)35-18-20-37(21-19-35)48-33(3)57-30-71-48/h10-11,13-16,18-21,30,32,39-43,49,63H,7-9,12,17,22-29,55H2,1-6H3,(H2,56,64)(H,58,66)(H,59,67)(H,60,65)/t32-,39-,40+,41-,42-,43-,49+/m0/s1. The van der Waals surface area contributed by atoms with Crippen molar-refractivity contribution in [2.45, 2.75) is 155 Å². The monoisotopic (exact) mass is 991 g/mol. The number of aliphatic hydroxyl groups excluding tert-OH is 1. The van der Waals surface area contributed by atoms with Crippen LogP contribution in [0, 0.1) is 19.3 Å². The zero-order chi connectivity index (χ0) is 51.1. The highest BCUT2D eigenvalue weighted by atomic mass is 32.1. The minimum absolute atomic E-state index is 0.0105. The maximum absolute atomic E-state index is 14.2. The number of amides is 6. The number of aromatic nitrogens is 1. The van der Waals surface area contributed by atoms with Crippen LogP contribution in [0.15, 0.2) is 66.2 Å². The average Bonchev–Trinajstić information content (AvgIpc) is 4.05. The Morgan fingerprint density at radius 1 is 0.915 bits per heavy atom. The second kappa shape index (κ2) is 22.9. The number of thiazole rings is 1. The van der Waals surface area contributed by atoms with Crippen LogP contribution in [0.3, 0.4) is 0 Å². The Bertz CT molecular complexity index is 2590. The van der Waals surface area contributed by atoms with Gasteiger partial charge in [-0.15, -0.1) is 11.3 Å². The number of carbonyl (C=O) groups is 6. The van der Waals surface area contributed by atoms with Gasteiger partial charge in [-0.25, -0.2) is 4.98 Å². The number of aryl methyl sites for hydroxylation is 3. The highest BCUT2D eigenvalue weighted by Gasteiger charge is 2.45. The van der Waals surface area contributed by atoms with Crippen LogP contribution in [0.25, 0.3) is 10.4 Å². The zero-order valence-corrected chi connectivity index (χ0v) is 42.6. The maximum atomic E-state index is 14.2. The van der Waals surface area contributed by atoms with Crippen LogP contribution in [0.4, 0.5) is 5.69 Å². The maximum Gasteiger partial charge on any atom is 0.246 e. The molecule has 0 aliphatic carbocycles. The van der Waals surface area contributed by atoms with E-state index in [1.807, 2.05) is 108 Å². The molecule has 3 aliphatic heterocycles.